The van der Waals surface area contributed by atoms with Crippen LogP contribution in [0.25, 0.3) is 77.6 Å². The maximum Gasteiger partial charge on any atom is 0.0560 e. The van der Waals surface area contributed by atoms with Crippen LogP contribution in [-0.2, 0) is 10.8 Å². The number of rotatable bonds is 7. The number of hydrogen-bond donors (Lipinski definition) is 0. The number of fused-ring (bicyclic) bond motifs is 9. The molecule has 3 aliphatic rings. The van der Waals surface area contributed by atoms with Gasteiger partial charge >= 0.3 is 0 Å². The van der Waals surface area contributed by atoms with Crippen LogP contribution in [0.4, 0.5) is 11.4 Å². The highest BCUT2D eigenvalue weighted by molar-refractivity contribution is 6.11. The summed E-state index contributed by atoms with van der Waals surface area (Å²) in [4.78, 5) is 2.56. The molecule has 2 heteroatoms. The van der Waals surface area contributed by atoms with E-state index in [0.717, 1.165) is 6.42 Å². The Labute approximate surface area is 399 Å². The molecule has 2 nitrogen and oxygen atoms in total. The number of nitrogens with zero attached hydrogens (tertiary/aromatic N) is 2. The number of anilines is 2. The summed E-state index contributed by atoms with van der Waals surface area (Å²) in [5.41, 5.74) is 24.2. The van der Waals surface area contributed by atoms with Crippen LogP contribution in [0.3, 0.4) is 0 Å². The van der Waals surface area contributed by atoms with Gasteiger partial charge in [-0.25, -0.2) is 0 Å². The van der Waals surface area contributed by atoms with Gasteiger partial charge in [0.1, 0.15) is 0 Å². The molecular weight excluding hydrogens is 821 g/mol. The molecule has 13 rings (SSSR count). The molecule has 1 atom stereocenters. The maximum absolute atomic E-state index is 2.56. The molecule has 3 aliphatic carbocycles. The lowest BCUT2D eigenvalue weighted by molar-refractivity contribution is 0.659. The average molecular weight is 873 g/mol. The van der Waals surface area contributed by atoms with Crippen LogP contribution < -0.4 is 4.90 Å². The maximum atomic E-state index is 2.56. The van der Waals surface area contributed by atoms with Crippen molar-refractivity contribution in [3.63, 3.8) is 0 Å². The molecular formula is C66H52N2. The summed E-state index contributed by atoms with van der Waals surface area (Å²) in [6.07, 6.45) is 8.03. The normalized spacial score (nSPS) is 16.0. The molecule has 0 spiro atoms. The van der Waals surface area contributed by atoms with Crippen molar-refractivity contribution in [2.24, 2.45) is 0 Å². The van der Waals surface area contributed by atoms with E-state index in [9.17, 15) is 0 Å². The summed E-state index contributed by atoms with van der Waals surface area (Å²) < 4.78 is 2.46. The van der Waals surface area contributed by atoms with Crippen molar-refractivity contribution in [2.45, 2.75) is 51.0 Å². The van der Waals surface area contributed by atoms with Crippen LogP contribution in [0.5, 0.6) is 0 Å². The molecule has 0 aliphatic heterocycles. The lowest BCUT2D eigenvalue weighted by Gasteiger charge is -2.34. The highest BCUT2D eigenvalue weighted by atomic mass is 15.2. The fourth-order valence-corrected chi connectivity index (χ4v) is 12.0. The fraction of sp³-hybridized carbons (Fsp3) is 0.121. The van der Waals surface area contributed by atoms with Gasteiger partial charge in [-0.15, -0.1) is 0 Å². The first-order valence-corrected chi connectivity index (χ1v) is 24.2. The van der Waals surface area contributed by atoms with E-state index in [2.05, 4.69) is 262 Å². The number of benzene rings is 9. The predicted octanol–water partition coefficient (Wildman–Crippen LogP) is 17.3. The first-order valence-electron chi connectivity index (χ1n) is 24.2. The molecule has 1 unspecified atom stereocenters. The van der Waals surface area contributed by atoms with Gasteiger partial charge in [0.25, 0.3) is 0 Å². The summed E-state index contributed by atoms with van der Waals surface area (Å²) >= 11 is 0. The summed E-state index contributed by atoms with van der Waals surface area (Å²) in [5, 5.41) is 2.58. The third kappa shape index (κ3) is 6.24. The van der Waals surface area contributed by atoms with Crippen molar-refractivity contribution in [1.82, 2.24) is 4.57 Å². The summed E-state index contributed by atoms with van der Waals surface area (Å²) in [7, 11) is 0. The van der Waals surface area contributed by atoms with Crippen LogP contribution in [0.2, 0.25) is 0 Å². The number of hydrogen-bond acceptors (Lipinski definition) is 1. The second-order valence-electron chi connectivity index (χ2n) is 20.1. The van der Waals surface area contributed by atoms with Crippen LogP contribution >= 0.6 is 0 Å². The third-order valence-corrected chi connectivity index (χ3v) is 15.5. The largest absolute Gasteiger partial charge is 0.334 e. The monoisotopic (exact) mass is 872 g/mol. The SMILES string of the molecule is CC1(C)c2ccccc2-c2ccc(N(c3cccc(-c4cccc(-c5ccc(-n6c7ccccc7c7cc8c(cc76)C(C)(C)c6ccccc6-8)cc5)c4)c3)C3C=CC(c4ccccc4)=CC3)cc21. The molecule has 68 heavy (non-hydrogen) atoms. The van der Waals surface area contributed by atoms with Crippen molar-refractivity contribution >= 4 is 38.8 Å². The minimum absolute atomic E-state index is 0.0725. The zero-order valence-electron chi connectivity index (χ0n) is 39.0. The van der Waals surface area contributed by atoms with Crippen molar-refractivity contribution in [1.29, 1.82) is 0 Å². The molecule has 0 amide bonds. The van der Waals surface area contributed by atoms with E-state index in [1.807, 2.05) is 0 Å². The molecule has 0 bridgehead atoms. The fourth-order valence-electron chi connectivity index (χ4n) is 12.0. The van der Waals surface area contributed by atoms with E-state index >= 15 is 0 Å². The number of aromatic nitrogens is 1. The van der Waals surface area contributed by atoms with Gasteiger partial charge in [0.2, 0.25) is 0 Å². The molecule has 0 saturated carbocycles. The summed E-state index contributed by atoms with van der Waals surface area (Å²) in [6, 6.07) is 77.1. The lowest BCUT2D eigenvalue weighted by Crippen LogP contribution is -2.30. The van der Waals surface area contributed by atoms with Crippen molar-refractivity contribution in [3.05, 3.63) is 252 Å². The van der Waals surface area contributed by atoms with Gasteiger partial charge < -0.3 is 9.47 Å². The van der Waals surface area contributed by atoms with E-state index in [4.69, 9.17) is 0 Å². The Balaban J connectivity index is 0.854. The zero-order valence-corrected chi connectivity index (χ0v) is 39.0. The molecule has 0 radical (unpaired) electrons. The molecule has 9 aromatic carbocycles. The third-order valence-electron chi connectivity index (χ3n) is 15.5. The molecule has 1 heterocycles. The molecule has 0 fully saturated rings. The van der Waals surface area contributed by atoms with Gasteiger partial charge in [-0.05, 0) is 145 Å². The van der Waals surface area contributed by atoms with Crippen LogP contribution in [-0.4, -0.2) is 10.6 Å². The minimum Gasteiger partial charge on any atom is -0.334 e. The number of allylic oxidation sites excluding steroid dienone is 2. The topological polar surface area (TPSA) is 8.17 Å². The van der Waals surface area contributed by atoms with Crippen LogP contribution in [0.1, 0.15) is 61.9 Å². The van der Waals surface area contributed by atoms with E-state index in [1.54, 1.807) is 0 Å². The Kier molecular flexibility index (Phi) is 9.08. The molecule has 0 N–H and O–H groups in total. The Morgan fingerprint density at radius 1 is 0.412 bits per heavy atom. The van der Waals surface area contributed by atoms with Gasteiger partial charge in [0, 0.05) is 38.7 Å². The van der Waals surface area contributed by atoms with E-state index < -0.39 is 0 Å². The van der Waals surface area contributed by atoms with Crippen molar-refractivity contribution < 1.29 is 0 Å². The highest BCUT2D eigenvalue weighted by Crippen LogP contribution is 2.52. The molecule has 1 aromatic heterocycles. The highest BCUT2D eigenvalue weighted by Gasteiger charge is 2.37. The van der Waals surface area contributed by atoms with E-state index in [0.29, 0.717) is 0 Å². The Hall–Kier alpha value is -7.94. The molecule has 326 valence electrons. The Morgan fingerprint density at radius 3 is 1.74 bits per heavy atom. The number of para-hydroxylation sites is 1. The summed E-state index contributed by atoms with van der Waals surface area (Å²) in [5.74, 6) is 0. The van der Waals surface area contributed by atoms with Crippen LogP contribution in [0.15, 0.2) is 224 Å². The smallest absolute Gasteiger partial charge is 0.0560 e. The minimum atomic E-state index is -0.0925. The second-order valence-corrected chi connectivity index (χ2v) is 20.1. The van der Waals surface area contributed by atoms with Gasteiger partial charge in [0.05, 0.1) is 17.1 Å². The first-order chi connectivity index (χ1) is 33.2. The summed E-state index contributed by atoms with van der Waals surface area (Å²) in [6.45, 7) is 9.48. The molecule has 10 aromatic rings. The lowest BCUT2D eigenvalue weighted by atomic mass is 9.82. The van der Waals surface area contributed by atoms with Gasteiger partial charge in [-0.3, -0.25) is 0 Å². The van der Waals surface area contributed by atoms with Crippen LogP contribution in [0, 0.1) is 0 Å². The zero-order chi connectivity index (χ0) is 45.7. The quantitative estimate of drug-likeness (QED) is 0.155. The first kappa shape index (κ1) is 40.3. The van der Waals surface area contributed by atoms with E-state index in [1.165, 1.54) is 117 Å². The Morgan fingerprint density at radius 2 is 1.00 bits per heavy atom. The predicted molar refractivity (Wildman–Crippen MR) is 287 cm³/mol. The Bertz CT molecular complexity index is 3710. The van der Waals surface area contributed by atoms with E-state index in [-0.39, 0.29) is 16.9 Å². The average Bonchev–Trinajstić information content (AvgIpc) is 3.92. The van der Waals surface area contributed by atoms with Crippen molar-refractivity contribution in [3.8, 4) is 50.2 Å². The van der Waals surface area contributed by atoms with Crippen molar-refractivity contribution in [2.75, 3.05) is 4.90 Å². The second kappa shape index (κ2) is 15.3. The standard InChI is InChI=1S/C66H52N2/c1-65(2)59-25-11-8-22-53(59)55-37-36-52(40-61(55)65)67(49-32-28-44(29-33-49)43-16-6-5-7-17-43)51-21-15-20-48(39-51)47-19-14-18-46(38-47)45-30-34-50(35-31-45)68-63-27-13-10-24-56(63)58-41-57-54-23-9-12-26-60(54)66(3,4)62(57)42-64(58)68/h5-32,34-42,49H,33H2,1-4H3. The van der Waals surface area contributed by atoms with Gasteiger partial charge in [-0.2, -0.15) is 0 Å². The molecule has 0 saturated heterocycles. The van der Waals surface area contributed by atoms with Gasteiger partial charge in [-0.1, -0.05) is 192 Å². The van der Waals surface area contributed by atoms with Gasteiger partial charge in [0.15, 0.2) is 0 Å².